The smallest absolute Gasteiger partial charge is 0.254 e. The van der Waals surface area contributed by atoms with Gasteiger partial charge < -0.3 is 20.3 Å². The Labute approximate surface area is 202 Å². The molecule has 0 aromatic heterocycles. The van der Waals surface area contributed by atoms with Crippen LogP contribution in [0.4, 0.5) is 5.69 Å². The molecule has 2 atom stereocenters. The first-order valence-corrected chi connectivity index (χ1v) is 12.5. The lowest BCUT2D eigenvalue weighted by molar-refractivity contribution is -0.124. The number of ether oxygens (including phenoxy) is 1. The number of rotatable bonds is 4. The maximum absolute atomic E-state index is 13.2. The van der Waals surface area contributed by atoms with Crippen LogP contribution in [0.5, 0.6) is 0 Å². The molecule has 2 unspecified atom stereocenters. The van der Waals surface area contributed by atoms with Gasteiger partial charge in [0.15, 0.2) is 0 Å². The number of carbonyl (C=O) groups is 2. The average molecular weight is 474 g/mol. The summed E-state index contributed by atoms with van der Waals surface area (Å²) in [7, 11) is 0. The summed E-state index contributed by atoms with van der Waals surface area (Å²) in [5.74, 6) is 2.69. The second kappa shape index (κ2) is 8.86. The van der Waals surface area contributed by atoms with Crippen molar-refractivity contribution in [3.05, 3.63) is 29.3 Å². The van der Waals surface area contributed by atoms with Crippen LogP contribution in [0.1, 0.15) is 60.9 Å². The number of hydrogen-bond donors (Lipinski definition) is 2. The molecule has 2 amide bonds. The fourth-order valence-electron chi connectivity index (χ4n) is 7.83. The Kier molecular flexibility index (Phi) is 6.21. The van der Waals surface area contributed by atoms with Gasteiger partial charge in [-0.25, -0.2) is 0 Å². The minimum atomic E-state index is 0. The zero-order chi connectivity index (χ0) is 21.9. The summed E-state index contributed by atoms with van der Waals surface area (Å²) in [4.78, 5) is 28.3. The van der Waals surface area contributed by atoms with E-state index in [1.54, 1.807) is 0 Å². The number of hydrogen-bond acceptors (Lipinski definition) is 4. The third-order valence-electron chi connectivity index (χ3n) is 8.72. The summed E-state index contributed by atoms with van der Waals surface area (Å²) in [6.45, 7) is 4.81. The SMILES string of the molecule is Cc1ccc(C(=O)N2CC3CNCC(C2)O3)cc1NC(=O)CC12CC3CC(CC(C3)C1)C2.Cl. The van der Waals surface area contributed by atoms with Crippen molar-refractivity contribution in [2.75, 3.05) is 31.5 Å². The summed E-state index contributed by atoms with van der Waals surface area (Å²) in [5, 5.41) is 6.55. The minimum Gasteiger partial charge on any atom is -0.369 e. The van der Waals surface area contributed by atoms with Crippen LogP contribution in [-0.2, 0) is 9.53 Å². The van der Waals surface area contributed by atoms with Crippen molar-refractivity contribution >= 4 is 29.9 Å². The lowest BCUT2D eigenvalue weighted by Crippen LogP contribution is -2.59. The molecule has 6 bridgehead atoms. The van der Waals surface area contributed by atoms with Gasteiger partial charge in [-0.05, 0) is 86.3 Å². The van der Waals surface area contributed by atoms with E-state index in [0.717, 1.165) is 42.1 Å². The van der Waals surface area contributed by atoms with Gasteiger partial charge in [0.25, 0.3) is 5.91 Å². The molecule has 4 saturated carbocycles. The van der Waals surface area contributed by atoms with Crippen molar-refractivity contribution in [1.82, 2.24) is 10.2 Å². The molecule has 1 aromatic carbocycles. The van der Waals surface area contributed by atoms with E-state index >= 15 is 0 Å². The molecule has 6 fully saturated rings. The molecule has 6 nitrogen and oxygen atoms in total. The Morgan fingerprint density at radius 2 is 1.67 bits per heavy atom. The number of morpholine rings is 2. The number of amides is 2. The number of carbonyl (C=O) groups excluding carboxylic acids is 2. The maximum atomic E-state index is 13.2. The second-order valence-electron chi connectivity index (χ2n) is 11.4. The van der Waals surface area contributed by atoms with Gasteiger partial charge in [-0.2, -0.15) is 0 Å². The van der Waals surface area contributed by atoms with Crippen molar-refractivity contribution < 1.29 is 14.3 Å². The monoisotopic (exact) mass is 473 g/mol. The lowest BCUT2D eigenvalue weighted by atomic mass is 9.49. The first-order chi connectivity index (χ1) is 15.4. The highest BCUT2D eigenvalue weighted by Crippen LogP contribution is 2.61. The number of benzene rings is 1. The van der Waals surface area contributed by atoms with E-state index in [0.29, 0.717) is 25.1 Å². The van der Waals surface area contributed by atoms with E-state index in [1.807, 2.05) is 30.0 Å². The van der Waals surface area contributed by atoms with Crippen LogP contribution < -0.4 is 10.6 Å². The van der Waals surface area contributed by atoms with Gasteiger partial charge in [0.1, 0.15) is 0 Å². The van der Waals surface area contributed by atoms with Crippen LogP contribution in [0.25, 0.3) is 0 Å². The summed E-state index contributed by atoms with van der Waals surface area (Å²) in [6.07, 6.45) is 8.64. The van der Waals surface area contributed by atoms with Crippen LogP contribution in [0, 0.1) is 30.1 Å². The number of aryl methyl sites for hydroxylation is 1. The summed E-state index contributed by atoms with van der Waals surface area (Å²) < 4.78 is 5.94. The molecule has 4 aliphatic carbocycles. The van der Waals surface area contributed by atoms with Gasteiger partial charge >= 0.3 is 0 Å². The minimum absolute atomic E-state index is 0. The molecular formula is C26H36ClN3O3. The van der Waals surface area contributed by atoms with Crippen LogP contribution in [0.2, 0.25) is 0 Å². The van der Waals surface area contributed by atoms with E-state index < -0.39 is 0 Å². The van der Waals surface area contributed by atoms with Crippen LogP contribution in [-0.4, -0.2) is 55.1 Å². The maximum Gasteiger partial charge on any atom is 0.254 e. The van der Waals surface area contributed by atoms with E-state index in [2.05, 4.69) is 10.6 Å². The van der Waals surface area contributed by atoms with Crippen molar-refractivity contribution in [3.8, 4) is 0 Å². The molecule has 7 rings (SSSR count). The predicted molar refractivity (Wildman–Crippen MR) is 130 cm³/mol. The topological polar surface area (TPSA) is 70.7 Å². The summed E-state index contributed by atoms with van der Waals surface area (Å²) >= 11 is 0. The molecule has 2 heterocycles. The Morgan fingerprint density at radius 3 is 2.27 bits per heavy atom. The molecule has 7 heteroatoms. The number of halogens is 1. The quantitative estimate of drug-likeness (QED) is 0.698. The molecule has 6 aliphatic rings. The normalized spacial score (nSPS) is 36.3. The number of nitrogens with one attached hydrogen (secondary N) is 2. The van der Waals surface area contributed by atoms with Crippen LogP contribution >= 0.6 is 12.4 Å². The third kappa shape index (κ3) is 4.54. The summed E-state index contributed by atoms with van der Waals surface area (Å²) in [6, 6.07) is 5.71. The van der Waals surface area contributed by atoms with Crippen LogP contribution in [0.3, 0.4) is 0 Å². The summed E-state index contributed by atoms with van der Waals surface area (Å²) in [5.41, 5.74) is 2.65. The molecule has 1 aromatic rings. The molecule has 2 saturated heterocycles. The Balaban J connectivity index is 0.00000228. The van der Waals surface area contributed by atoms with Gasteiger partial charge in [-0.15, -0.1) is 12.4 Å². The zero-order valence-corrected chi connectivity index (χ0v) is 20.3. The highest BCUT2D eigenvalue weighted by Gasteiger charge is 2.51. The number of anilines is 1. The highest BCUT2D eigenvalue weighted by molar-refractivity contribution is 5.98. The molecule has 0 spiro atoms. The first-order valence-electron chi connectivity index (χ1n) is 12.5. The molecule has 33 heavy (non-hydrogen) atoms. The Morgan fingerprint density at radius 1 is 1.06 bits per heavy atom. The van der Waals surface area contributed by atoms with Crippen molar-refractivity contribution in [2.24, 2.45) is 23.2 Å². The standard InChI is InChI=1S/C26H35N3O3.ClH/c1-16-2-3-20(25(31)29-14-21-12-27-13-22(15-29)32-21)7-23(16)28-24(30)11-26-8-17-4-18(9-26)6-19(5-17)10-26;/h2-3,7,17-19,21-22,27H,4-6,8-15H2,1H3,(H,28,30);1H. The van der Waals surface area contributed by atoms with Crippen molar-refractivity contribution in [2.45, 2.75) is 64.1 Å². The molecular weight excluding hydrogens is 438 g/mol. The van der Waals surface area contributed by atoms with E-state index in [-0.39, 0.29) is 41.8 Å². The van der Waals surface area contributed by atoms with E-state index in [9.17, 15) is 9.59 Å². The molecule has 0 radical (unpaired) electrons. The van der Waals surface area contributed by atoms with Gasteiger partial charge in [-0.3, -0.25) is 9.59 Å². The van der Waals surface area contributed by atoms with E-state index in [1.165, 1.54) is 38.5 Å². The largest absolute Gasteiger partial charge is 0.369 e. The number of fused-ring (bicyclic) bond motifs is 2. The van der Waals surface area contributed by atoms with Crippen molar-refractivity contribution in [3.63, 3.8) is 0 Å². The van der Waals surface area contributed by atoms with Gasteiger partial charge in [-0.1, -0.05) is 6.07 Å². The zero-order valence-electron chi connectivity index (χ0n) is 19.5. The predicted octanol–water partition coefficient (Wildman–Crippen LogP) is 3.77. The second-order valence-corrected chi connectivity index (χ2v) is 11.4. The highest BCUT2D eigenvalue weighted by atomic mass is 35.5. The van der Waals surface area contributed by atoms with Gasteiger partial charge in [0, 0.05) is 43.9 Å². The van der Waals surface area contributed by atoms with Gasteiger partial charge in [0.05, 0.1) is 12.2 Å². The van der Waals surface area contributed by atoms with Gasteiger partial charge in [0.2, 0.25) is 5.91 Å². The number of nitrogens with zero attached hydrogens (tertiary/aromatic N) is 1. The fourth-order valence-corrected chi connectivity index (χ4v) is 7.83. The Hall–Kier alpha value is -1.63. The van der Waals surface area contributed by atoms with E-state index in [4.69, 9.17) is 4.74 Å². The molecule has 2 N–H and O–H groups in total. The fraction of sp³-hybridized carbons (Fsp3) is 0.692. The Bertz CT molecular complexity index is 888. The van der Waals surface area contributed by atoms with Crippen LogP contribution in [0.15, 0.2) is 18.2 Å². The average Bonchev–Trinajstić information content (AvgIpc) is 2.73. The lowest BCUT2D eigenvalue weighted by Gasteiger charge is -2.56. The molecule has 2 aliphatic heterocycles. The van der Waals surface area contributed by atoms with Crippen molar-refractivity contribution in [1.29, 1.82) is 0 Å². The first kappa shape index (κ1) is 23.1. The molecule has 180 valence electrons. The third-order valence-corrected chi connectivity index (χ3v) is 8.72.